The first-order valence-corrected chi connectivity index (χ1v) is 8.26. The zero-order valence-corrected chi connectivity index (χ0v) is 15.3. The average Bonchev–Trinajstić information content (AvgIpc) is 2.40. The molecule has 2 aromatic carbocycles. The summed E-state index contributed by atoms with van der Waals surface area (Å²) in [6.07, 6.45) is 0. The van der Waals surface area contributed by atoms with Crippen molar-refractivity contribution in [3.05, 3.63) is 62.0 Å². The minimum Gasteiger partial charge on any atom is -0.496 e. The minimum absolute atomic E-state index is 0.0780. The molecular weight excluding hydrogens is 436 g/mol. The number of ether oxygens (including phenoxy) is 1. The first-order chi connectivity index (χ1) is 9.02. The fourth-order valence-electron chi connectivity index (χ4n) is 1.93. The lowest BCUT2D eigenvalue weighted by Gasteiger charge is -2.17. The third-order valence-electron chi connectivity index (χ3n) is 2.89. The van der Waals surface area contributed by atoms with Crippen LogP contribution in [0.3, 0.4) is 0 Å². The van der Waals surface area contributed by atoms with Gasteiger partial charge in [0, 0.05) is 14.5 Å². The summed E-state index contributed by atoms with van der Waals surface area (Å²) < 4.78 is 7.58. The summed E-state index contributed by atoms with van der Waals surface area (Å²) in [5.74, 6) is 0.888. The van der Waals surface area contributed by atoms with E-state index in [0.717, 1.165) is 20.3 Å². The van der Waals surface area contributed by atoms with Crippen LogP contribution >= 0.6 is 47.8 Å². The van der Waals surface area contributed by atoms with E-state index in [4.69, 9.17) is 4.74 Å². The molecule has 1 unspecified atom stereocenters. The van der Waals surface area contributed by atoms with Crippen molar-refractivity contribution in [2.45, 2.75) is 11.8 Å². The number of halogens is 3. The quantitative estimate of drug-likeness (QED) is 0.522. The maximum atomic E-state index is 5.46. The van der Waals surface area contributed by atoms with Crippen molar-refractivity contribution >= 4 is 47.8 Å². The number of hydrogen-bond acceptors (Lipinski definition) is 1. The van der Waals surface area contributed by atoms with Crippen LogP contribution in [0.2, 0.25) is 0 Å². The highest BCUT2D eigenvalue weighted by Crippen LogP contribution is 2.40. The maximum absolute atomic E-state index is 5.46. The summed E-state index contributed by atoms with van der Waals surface area (Å²) in [5.41, 5.74) is 3.51. The van der Waals surface area contributed by atoms with E-state index in [1.165, 1.54) is 11.1 Å². The number of rotatable bonds is 3. The van der Waals surface area contributed by atoms with Gasteiger partial charge >= 0.3 is 0 Å². The van der Waals surface area contributed by atoms with Crippen molar-refractivity contribution in [2.24, 2.45) is 0 Å². The molecule has 0 saturated carbocycles. The Labute approximate surface area is 138 Å². The molecule has 0 N–H and O–H groups in total. The Balaban J connectivity index is 2.51. The molecule has 0 saturated heterocycles. The summed E-state index contributed by atoms with van der Waals surface area (Å²) in [4.78, 5) is 0.0780. The third kappa shape index (κ3) is 3.41. The smallest absolute Gasteiger partial charge is 0.123 e. The summed E-state index contributed by atoms with van der Waals surface area (Å²) in [6.45, 7) is 2.08. The van der Waals surface area contributed by atoms with Crippen LogP contribution in [0.4, 0.5) is 0 Å². The molecule has 0 fully saturated rings. The molecule has 2 aromatic rings. The molecule has 0 bridgehead atoms. The molecule has 0 aliphatic heterocycles. The molecule has 100 valence electrons. The van der Waals surface area contributed by atoms with E-state index in [0.29, 0.717) is 0 Å². The highest BCUT2D eigenvalue weighted by molar-refractivity contribution is 9.11. The Morgan fingerprint density at radius 2 is 1.74 bits per heavy atom. The molecule has 1 nitrogen and oxygen atoms in total. The zero-order chi connectivity index (χ0) is 14.0. The van der Waals surface area contributed by atoms with E-state index in [1.54, 1.807) is 7.11 Å². The van der Waals surface area contributed by atoms with Crippen molar-refractivity contribution in [2.75, 3.05) is 7.11 Å². The molecule has 19 heavy (non-hydrogen) atoms. The number of benzene rings is 2. The van der Waals surface area contributed by atoms with Gasteiger partial charge in [-0.25, -0.2) is 0 Å². The number of alkyl halides is 1. The van der Waals surface area contributed by atoms with Crippen LogP contribution in [0.15, 0.2) is 45.3 Å². The molecule has 2 rings (SSSR count). The molecule has 1 atom stereocenters. The molecular formula is C15H13Br3O. The highest BCUT2D eigenvalue weighted by Gasteiger charge is 2.18. The lowest BCUT2D eigenvalue weighted by Crippen LogP contribution is -1.98. The Morgan fingerprint density at radius 3 is 2.42 bits per heavy atom. The van der Waals surface area contributed by atoms with Crippen molar-refractivity contribution < 1.29 is 4.74 Å². The van der Waals surface area contributed by atoms with Gasteiger partial charge in [0.25, 0.3) is 0 Å². The normalized spacial score (nSPS) is 12.3. The van der Waals surface area contributed by atoms with Gasteiger partial charge in [-0.1, -0.05) is 65.5 Å². The fraction of sp³-hybridized carbons (Fsp3) is 0.200. The van der Waals surface area contributed by atoms with E-state index in [1.807, 2.05) is 18.2 Å². The second kappa shape index (κ2) is 6.42. The second-order valence-corrected chi connectivity index (χ2v) is 6.96. The molecule has 0 radical (unpaired) electrons. The topological polar surface area (TPSA) is 9.23 Å². The van der Waals surface area contributed by atoms with Crippen LogP contribution in [0, 0.1) is 6.92 Å². The predicted molar refractivity (Wildman–Crippen MR) is 90.3 cm³/mol. The van der Waals surface area contributed by atoms with Gasteiger partial charge in [0.15, 0.2) is 0 Å². The lowest BCUT2D eigenvalue weighted by molar-refractivity contribution is 0.410. The first kappa shape index (κ1) is 15.1. The summed E-state index contributed by atoms with van der Waals surface area (Å²) in [7, 11) is 1.70. The van der Waals surface area contributed by atoms with Gasteiger partial charge in [0.05, 0.1) is 11.9 Å². The van der Waals surface area contributed by atoms with Crippen LogP contribution in [0.1, 0.15) is 21.5 Å². The Kier molecular flexibility index (Phi) is 5.09. The monoisotopic (exact) mass is 446 g/mol. The summed E-state index contributed by atoms with van der Waals surface area (Å²) in [6, 6.07) is 12.4. The SMILES string of the molecule is COc1ccc(C)cc1C(Br)c1cc(Br)ccc1Br. The average molecular weight is 449 g/mol. The van der Waals surface area contributed by atoms with Gasteiger partial charge in [-0.2, -0.15) is 0 Å². The molecule has 0 amide bonds. The maximum Gasteiger partial charge on any atom is 0.123 e. The fourth-order valence-corrected chi connectivity index (χ4v) is 3.83. The Hall–Kier alpha value is -0.320. The van der Waals surface area contributed by atoms with E-state index in [-0.39, 0.29) is 4.83 Å². The molecule has 0 aromatic heterocycles. The Morgan fingerprint density at radius 1 is 1.00 bits per heavy atom. The molecule has 4 heteroatoms. The summed E-state index contributed by atoms with van der Waals surface area (Å²) in [5, 5.41) is 0. The highest BCUT2D eigenvalue weighted by atomic mass is 79.9. The molecule has 0 aliphatic carbocycles. The van der Waals surface area contributed by atoms with Gasteiger partial charge in [0.1, 0.15) is 5.75 Å². The largest absolute Gasteiger partial charge is 0.496 e. The standard InChI is InChI=1S/C15H13Br3O/c1-9-3-6-14(19-2)12(7-9)15(18)11-8-10(16)4-5-13(11)17/h3-8,15H,1-2H3. The van der Waals surface area contributed by atoms with Gasteiger partial charge in [-0.05, 0) is 36.8 Å². The second-order valence-electron chi connectivity index (χ2n) is 4.27. The zero-order valence-electron chi connectivity index (χ0n) is 10.6. The van der Waals surface area contributed by atoms with Gasteiger partial charge in [0.2, 0.25) is 0 Å². The van der Waals surface area contributed by atoms with Gasteiger partial charge in [-0.3, -0.25) is 0 Å². The molecule has 0 aliphatic rings. The number of methoxy groups -OCH3 is 1. The van der Waals surface area contributed by atoms with E-state index in [9.17, 15) is 0 Å². The lowest BCUT2D eigenvalue weighted by atomic mass is 10.0. The van der Waals surface area contributed by atoms with E-state index < -0.39 is 0 Å². The third-order valence-corrected chi connectivity index (χ3v) is 5.09. The van der Waals surface area contributed by atoms with Gasteiger partial charge < -0.3 is 4.74 Å². The van der Waals surface area contributed by atoms with Gasteiger partial charge in [-0.15, -0.1) is 0 Å². The summed E-state index contributed by atoms with van der Waals surface area (Å²) >= 11 is 10.9. The molecule has 0 heterocycles. The van der Waals surface area contributed by atoms with Crippen molar-refractivity contribution in [1.29, 1.82) is 0 Å². The van der Waals surface area contributed by atoms with Crippen molar-refractivity contribution in [3.63, 3.8) is 0 Å². The van der Waals surface area contributed by atoms with E-state index in [2.05, 4.69) is 72.9 Å². The van der Waals surface area contributed by atoms with Crippen molar-refractivity contribution in [1.82, 2.24) is 0 Å². The predicted octanol–water partition coefficient (Wildman–Crippen LogP) is 6.01. The van der Waals surface area contributed by atoms with Crippen LogP contribution in [0.25, 0.3) is 0 Å². The number of aryl methyl sites for hydroxylation is 1. The van der Waals surface area contributed by atoms with Crippen LogP contribution < -0.4 is 4.74 Å². The van der Waals surface area contributed by atoms with E-state index >= 15 is 0 Å². The first-order valence-electron chi connectivity index (χ1n) is 5.76. The Bertz CT molecular complexity index is 596. The molecule has 0 spiro atoms. The van der Waals surface area contributed by atoms with Crippen LogP contribution in [-0.4, -0.2) is 7.11 Å². The van der Waals surface area contributed by atoms with Crippen molar-refractivity contribution in [3.8, 4) is 5.75 Å². The van der Waals surface area contributed by atoms with Crippen LogP contribution in [0.5, 0.6) is 5.75 Å². The van der Waals surface area contributed by atoms with Crippen LogP contribution in [-0.2, 0) is 0 Å². The number of hydrogen-bond donors (Lipinski definition) is 0. The minimum atomic E-state index is 0.0780.